The van der Waals surface area contributed by atoms with Crippen LogP contribution >= 0.6 is 7.82 Å². The van der Waals surface area contributed by atoms with Crippen molar-refractivity contribution in [3.8, 4) is 0 Å². The van der Waals surface area contributed by atoms with Crippen LogP contribution in [0.15, 0.2) is 60.8 Å². The summed E-state index contributed by atoms with van der Waals surface area (Å²) in [4.78, 5) is 46.7. The van der Waals surface area contributed by atoms with Crippen LogP contribution in [0, 0.1) is 0 Å². The Hall–Kier alpha value is -2.62. The van der Waals surface area contributed by atoms with E-state index < -0.39 is 32.5 Å². The highest BCUT2D eigenvalue weighted by atomic mass is 31.2. The van der Waals surface area contributed by atoms with Crippen LogP contribution in [0.25, 0.3) is 0 Å². The zero-order chi connectivity index (χ0) is 38.4. The summed E-state index contributed by atoms with van der Waals surface area (Å²) in [5.41, 5.74) is 5.32. The highest BCUT2D eigenvalue weighted by Crippen LogP contribution is 2.43. The zero-order valence-electron chi connectivity index (χ0n) is 32.3. The van der Waals surface area contributed by atoms with Crippen LogP contribution in [0.3, 0.4) is 0 Å². The standard InChI is InChI=1S/C41H70NO9P/c1-3-5-7-9-11-12-13-14-15-16-17-18-20-24-28-32-40(44)48-36-39(37-50-52(46,47)49-35-34-42)51-41(45)33-29-25-21-23-27-31-38(43)30-26-22-19-10-8-6-4-2/h11-12,14-15,17-19,22,26,30,39H,3-10,13,16,20-21,23-25,27-29,31-37,42H2,1-2H3,(H,46,47)/b12-11-,15-14-,18-17-,22-19-,30-26+/t39-/m1/s1. The summed E-state index contributed by atoms with van der Waals surface area (Å²) in [5.74, 6) is -0.862. The van der Waals surface area contributed by atoms with E-state index in [4.69, 9.17) is 24.3 Å². The number of rotatable bonds is 36. The topological polar surface area (TPSA) is 151 Å². The van der Waals surface area contributed by atoms with E-state index in [-0.39, 0.29) is 38.4 Å². The monoisotopic (exact) mass is 751 g/mol. The van der Waals surface area contributed by atoms with Gasteiger partial charge in [0.1, 0.15) is 6.61 Å². The van der Waals surface area contributed by atoms with Crippen molar-refractivity contribution in [3.05, 3.63) is 60.8 Å². The van der Waals surface area contributed by atoms with Crippen LogP contribution in [-0.2, 0) is 37.5 Å². The van der Waals surface area contributed by atoms with Crippen molar-refractivity contribution in [1.29, 1.82) is 0 Å². The number of nitrogens with two attached hydrogens (primary N) is 1. The quantitative estimate of drug-likeness (QED) is 0.0158. The minimum absolute atomic E-state index is 0.0259. The van der Waals surface area contributed by atoms with Crippen molar-refractivity contribution in [3.63, 3.8) is 0 Å². The van der Waals surface area contributed by atoms with E-state index in [1.54, 1.807) is 6.08 Å². The number of ether oxygens (including phenoxy) is 2. The number of hydrogen-bond donors (Lipinski definition) is 2. The Kier molecular flexibility index (Phi) is 34.9. The summed E-state index contributed by atoms with van der Waals surface area (Å²) < 4.78 is 32.5. The van der Waals surface area contributed by atoms with Crippen molar-refractivity contribution in [1.82, 2.24) is 0 Å². The highest BCUT2D eigenvalue weighted by molar-refractivity contribution is 7.47. The van der Waals surface area contributed by atoms with E-state index in [0.29, 0.717) is 19.3 Å². The van der Waals surface area contributed by atoms with Crippen molar-refractivity contribution < 1.29 is 42.4 Å². The number of carbonyl (C=O) groups excluding carboxylic acids is 3. The first-order valence-electron chi connectivity index (χ1n) is 19.7. The average molecular weight is 752 g/mol. The molecule has 0 spiro atoms. The Morgan fingerprint density at radius 2 is 1.17 bits per heavy atom. The smallest absolute Gasteiger partial charge is 0.462 e. The van der Waals surface area contributed by atoms with E-state index in [9.17, 15) is 23.8 Å². The SMILES string of the molecule is CCCCC/C=C\C=C\C(=O)CCCCCCCC(=O)O[C@H](COC(=O)CCCC/C=C\C/C=C\C/C=C\CCCCC)COP(=O)(O)OCCN. The molecule has 0 aliphatic carbocycles. The minimum Gasteiger partial charge on any atom is -0.462 e. The predicted octanol–water partition coefficient (Wildman–Crippen LogP) is 10.1. The number of unbranched alkanes of at least 4 members (excludes halogenated alkanes) is 12. The van der Waals surface area contributed by atoms with Crippen LogP contribution in [0.1, 0.15) is 149 Å². The summed E-state index contributed by atoms with van der Waals surface area (Å²) >= 11 is 0. The molecule has 0 saturated heterocycles. The lowest BCUT2D eigenvalue weighted by Gasteiger charge is -2.19. The van der Waals surface area contributed by atoms with Gasteiger partial charge in [-0.15, -0.1) is 0 Å². The number of phosphoric acid groups is 1. The van der Waals surface area contributed by atoms with Gasteiger partial charge in [0.05, 0.1) is 13.2 Å². The van der Waals surface area contributed by atoms with E-state index in [2.05, 4.69) is 56.4 Å². The molecule has 0 saturated carbocycles. The van der Waals surface area contributed by atoms with Gasteiger partial charge in [-0.05, 0) is 76.7 Å². The number of esters is 2. The number of ketones is 1. The Bertz CT molecular complexity index is 1100. The Labute approximate surface area is 315 Å². The lowest BCUT2D eigenvalue weighted by Crippen LogP contribution is -2.29. The molecule has 0 radical (unpaired) electrons. The van der Waals surface area contributed by atoms with Crippen molar-refractivity contribution in [2.24, 2.45) is 5.73 Å². The number of hydrogen-bond acceptors (Lipinski definition) is 9. The van der Waals surface area contributed by atoms with Crippen LogP contribution in [0.5, 0.6) is 0 Å². The van der Waals surface area contributed by atoms with Crippen molar-refractivity contribution >= 4 is 25.5 Å². The van der Waals surface area contributed by atoms with Crippen LogP contribution in [0.2, 0.25) is 0 Å². The van der Waals surface area contributed by atoms with E-state index in [1.807, 2.05) is 12.2 Å². The van der Waals surface area contributed by atoms with Gasteiger partial charge < -0.3 is 20.1 Å². The van der Waals surface area contributed by atoms with Gasteiger partial charge in [0.25, 0.3) is 0 Å². The number of allylic oxidation sites excluding steroid dienone is 10. The summed E-state index contributed by atoms with van der Waals surface area (Å²) in [7, 11) is -4.41. The summed E-state index contributed by atoms with van der Waals surface area (Å²) in [6, 6.07) is 0. The van der Waals surface area contributed by atoms with Gasteiger partial charge in [0.15, 0.2) is 11.9 Å². The summed E-state index contributed by atoms with van der Waals surface area (Å²) in [6.45, 7) is 3.44. The van der Waals surface area contributed by atoms with Crippen molar-refractivity contribution in [2.45, 2.75) is 155 Å². The summed E-state index contributed by atoms with van der Waals surface area (Å²) in [5, 5.41) is 0. The summed E-state index contributed by atoms with van der Waals surface area (Å²) in [6.07, 6.45) is 37.9. The fourth-order valence-electron chi connectivity index (χ4n) is 4.86. The van der Waals surface area contributed by atoms with Crippen LogP contribution < -0.4 is 5.73 Å². The van der Waals surface area contributed by atoms with Crippen LogP contribution in [0.4, 0.5) is 0 Å². The minimum atomic E-state index is -4.41. The molecule has 0 aliphatic heterocycles. The molecule has 2 atom stereocenters. The number of carbonyl (C=O) groups is 3. The molecule has 11 heteroatoms. The zero-order valence-corrected chi connectivity index (χ0v) is 33.2. The third-order valence-electron chi connectivity index (χ3n) is 7.85. The molecule has 0 aromatic carbocycles. The largest absolute Gasteiger partial charge is 0.472 e. The lowest BCUT2D eigenvalue weighted by atomic mass is 10.1. The molecular weight excluding hydrogens is 681 g/mol. The molecule has 0 aromatic heterocycles. The van der Waals surface area contributed by atoms with E-state index in [0.717, 1.165) is 64.2 Å². The van der Waals surface area contributed by atoms with Gasteiger partial charge in [0, 0.05) is 25.8 Å². The lowest BCUT2D eigenvalue weighted by molar-refractivity contribution is -0.161. The molecule has 0 fully saturated rings. The fraction of sp³-hybridized carbons (Fsp3) is 0.683. The predicted molar refractivity (Wildman–Crippen MR) is 211 cm³/mol. The third-order valence-corrected chi connectivity index (χ3v) is 8.84. The van der Waals surface area contributed by atoms with Gasteiger partial charge >= 0.3 is 19.8 Å². The molecule has 3 N–H and O–H groups in total. The van der Waals surface area contributed by atoms with E-state index in [1.165, 1.54) is 38.5 Å². The van der Waals surface area contributed by atoms with Gasteiger partial charge in [-0.2, -0.15) is 0 Å². The van der Waals surface area contributed by atoms with E-state index >= 15 is 0 Å². The van der Waals surface area contributed by atoms with Gasteiger partial charge in [-0.25, -0.2) is 4.57 Å². The maximum Gasteiger partial charge on any atom is 0.472 e. The molecule has 52 heavy (non-hydrogen) atoms. The second-order valence-corrected chi connectivity index (χ2v) is 14.3. The van der Waals surface area contributed by atoms with Crippen LogP contribution in [-0.4, -0.2) is 55.1 Å². The second kappa shape index (κ2) is 36.7. The second-order valence-electron chi connectivity index (χ2n) is 12.8. The Morgan fingerprint density at radius 3 is 1.81 bits per heavy atom. The number of phosphoric ester groups is 1. The highest BCUT2D eigenvalue weighted by Gasteiger charge is 2.25. The molecule has 1 unspecified atom stereocenters. The first kappa shape index (κ1) is 49.4. The molecule has 0 aliphatic rings. The molecular formula is C41H70NO9P. The molecule has 0 bridgehead atoms. The van der Waals surface area contributed by atoms with Gasteiger partial charge in [-0.1, -0.05) is 113 Å². The van der Waals surface area contributed by atoms with Crippen molar-refractivity contribution in [2.75, 3.05) is 26.4 Å². The first-order valence-corrected chi connectivity index (χ1v) is 21.2. The molecule has 298 valence electrons. The Morgan fingerprint density at radius 1 is 0.635 bits per heavy atom. The fourth-order valence-corrected chi connectivity index (χ4v) is 5.62. The Balaban J connectivity index is 4.38. The maximum absolute atomic E-state index is 12.5. The maximum atomic E-state index is 12.5. The third kappa shape index (κ3) is 35.8. The normalized spacial score (nSPS) is 13.9. The van der Waals surface area contributed by atoms with Gasteiger partial charge in [0.2, 0.25) is 0 Å². The molecule has 0 aromatic rings. The molecule has 10 nitrogen and oxygen atoms in total. The molecule has 0 amide bonds. The van der Waals surface area contributed by atoms with Gasteiger partial charge in [-0.3, -0.25) is 23.4 Å². The molecule has 0 heterocycles. The molecule has 0 rings (SSSR count). The average Bonchev–Trinajstić information content (AvgIpc) is 3.12. The first-order chi connectivity index (χ1) is 25.2.